The van der Waals surface area contributed by atoms with Gasteiger partial charge < -0.3 is 5.11 Å². The highest BCUT2D eigenvalue weighted by atomic mass is 32.2. The van der Waals surface area contributed by atoms with E-state index < -0.39 is 16.3 Å². The van der Waals surface area contributed by atoms with Crippen LogP contribution in [0, 0.1) is 0 Å². The van der Waals surface area contributed by atoms with E-state index in [1.165, 1.54) is 4.31 Å². The summed E-state index contributed by atoms with van der Waals surface area (Å²) in [4.78, 5) is 0. The van der Waals surface area contributed by atoms with Crippen LogP contribution in [-0.2, 0) is 10.2 Å². The third-order valence-corrected chi connectivity index (χ3v) is 5.33. The number of piperidine rings is 1. The van der Waals surface area contributed by atoms with Gasteiger partial charge in [0, 0.05) is 19.1 Å². The average Bonchev–Trinajstić information content (AvgIpc) is 2.33. The van der Waals surface area contributed by atoms with Gasteiger partial charge in [0.05, 0.1) is 6.10 Å². The Balaban J connectivity index is 1.95. The van der Waals surface area contributed by atoms with E-state index in [1.54, 1.807) is 0 Å². The van der Waals surface area contributed by atoms with Crippen LogP contribution in [0.4, 0.5) is 0 Å². The van der Waals surface area contributed by atoms with Crippen LogP contribution in [0.15, 0.2) is 0 Å². The molecule has 2 atom stereocenters. The first-order valence-electron chi connectivity index (χ1n) is 6.55. The maximum absolute atomic E-state index is 12.1. The molecule has 0 aromatic rings. The van der Waals surface area contributed by atoms with E-state index in [0.717, 1.165) is 38.5 Å². The highest BCUT2D eigenvalue weighted by Gasteiger charge is 2.31. The van der Waals surface area contributed by atoms with Gasteiger partial charge in [-0.25, -0.2) is 0 Å². The largest absolute Gasteiger partial charge is 0.391 e. The Labute approximate surface area is 103 Å². The third kappa shape index (κ3) is 3.40. The van der Waals surface area contributed by atoms with Crippen LogP contribution in [0.2, 0.25) is 0 Å². The van der Waals surface area contributed by atoms with Gasteiger partial charge in [-0.1, -0.05) is 19.3 Å². The van der Waals surface area contributed by atoms with Crippen molar-refractivity contribution in [3.8, 4) is 0 Å². The van der Waals surface area contributed by atoms with Crippen molar-refractivity contribution in [2.24, 2.45) is 0 Å². The fourth-order valence-electron chi connectivity index (χ4n) is 2.62. The highest BCUT2D eigenvalue weighted by Crippen LogP contribution is 2.20. The molecule has 0 amide bonds. The van der Waals surface area contributed by atoms with Gasteiger partial charge in [-0.05, 0) is 25.7 Å². The van der Waals surface area contributed by atoms with E-state index in [9.17, 15) is 13.5 Å². The van der Waals surface area contributed by atoms with E-state index in [2.05, 4.69) is 4.72 Å². The van der Waals surface area contributed by atoms with Crippen LogP contribution < -0.4 is 4.72 Å². The molecule has 0 aromatic carbocycles. The molecular weight excluding hydrogens is 240 g/mol. The first-order valence-corrected chi connectivity index (χ1v) is 7.99. The smallest absolute Gasteiger partial charge is 0.279 e. The molecule has 2 aliphatic rings. The summed E-state index contributed by atoms with van der Waals surface area (Å²) in [5.41, 5.74) is 0. The first kappa shape index (κ1) is 13.3. The summed E-state index contributed by atoms with van der Waals surface area (Å²) in [6, 6.07) is -0.296. The van der Waals surface area contributed by atoms with Gasteiger partial charge in [0.1, 0.15) is 0 Å². The number of nitrogens with one attached hydrogen (secondary N) is 1. The second-order valence-corrected chi connectivity index (χ2v) is 6.74. The second kappa shape index (κ2) is 5.65. The summed E-state index contributed by atoms with van der Waals surface area (Å²) < 4.78 is 28.4. The van der Waals surface area contributed by atoms with Crippen LogP contribution in [-0.4, -0.2) is 43.1 Å². The summed E-state index contributed by atoms with van der Waals surface area (Å²) in [7, 11) is -3.39. The monoisotopic (exact) mass is 262 g/mol. The number of nitrogens with zero attached hydrogens (tertiary/aromatic N) is 1. The van der Waals surface area contributed by atoms with E-state index >= 15 is 0 Å². The molecule has 5 nitrogen and oxygen atoms in total. The summed E-state index contributed by atoms with van der Waals surface area (Å²) in [5.74, 6) is 0. The van der Waals surface area contributed by atoms with Crippen LogP contribution in [0.1, 0.15) is 44.9 Å². The number of rotatable bonds is 3. The number of hydrogen-bond donors (Lipinski definition) is 2. The fourth-order valence-corrected chi connectivity index (χ4v) is 4.17. The first-order chi connectivity index (χ1) is 8.09. The molecule has 100 valence electrons. The molecule has 2 rings (SSSR count). The minimum atomic E-state index is -3.39. The minimum absolute atomic E-state index is 0.296. The molecule has 1 saturated carbocycles. The molecule has 0 aromatic heterocycles. The fraction of sp³-hybridized carbons (Fsp3) is 1.00. The van der Waals surface area contributed by atoms with Gasteiger partial charge >= 0.3 is 0 Å². The number of aliphatic hydroxyl groups is 1. The molecule has 2 fully saturated rings. The molecule has 0 bridgehead atoms. The van der Waals surface area contributed by atoms with Crippen molar-refractivity contribution in [3.63, 3.8) is 0 Å². The summed E-state index contributed by atoms with van der Waals surface area (Å²) >= 11 is 0. The van der Waals surface area contributed by atoms with E-state index in [4.69, 9.17) is 0 Å². The predicted molar refractivity (Wildman–Crippen MR) is 65.7 cm³/mol. The molecule has 1 aliphatic heterocycles. The summed E-state index contributed by atoms with van der Waals surface area (Å²) in [6.07, 6.45) is 5.89. The van der Waals surface area contributed by atoms with Gasteiger partial charge in [0.25, 0.3) is 10.2 Å². The summed E-state index contributed by atoms with van der Waals surface area (Å²) in [6.45, 7) is 1.22. The van der Waals surface area contributed by atoms with Crippen molar-refractivity contribution < 1.29 is 13.5 Å². The molecule has 2 N–H and O–H groups in total. The average molecular weight is 262 g/mol. The van der Waals surface area contributed by atoms with Crippen molar-refractivity contribution in [1.29, 1.82) is 0 Å². The standard InChI is InChI=1S/C11H22N2O3S/c14-11-7-3-2-6-10(11)12-17(15,16)13-8-4-1-5-9-13/h10-12,14H,1-9H2/t10-,11-/m0/s1. The zero-order valence-electron chi connectivity index (χ0n) is 10.1. The third-order valence-electron chi connectivity index (χ3n) is 3.68. The maximum atomic E-state index is 12.1. The zero-order valence-corrected chi connectivity index (χ0v) is 11.0. The van der Waals surface area contributed by atoms with Crippen LogP contribution >= 0.6 is 0 Å². The molecule has 0 radical (unpaired) electrons. The highest BCUT2D eigenvalue weighted by molar-refractivity contribution is 7.87. The Morgan fingerprint density at radius 1 is 1.00 bits per heavy atom. The topological polar surface area (TPSA) is 69.6 Å². The molecule has 6 heteroatoms. The Morgan fingerprint density at radius 2 is 1.65 bits per heavy atom. The van der Waals surface area contributed by atoms with Gasteiger partial charge in [-0.2, -0.15) is 17.4 Å². The van der Waals surface area contributed by atoms with Gasteiger partial charge in [-0.15, -0.1) is 0 Å². The molecule has 1 aliphatic carbocycles. The van der Waals surface area contributed by atoms with Gasteiger partial charge in [-0.3, -0.25) is 0 Å². The Kier molecular flexibility index (Phi) is 4.41. The Bertz CT molecular complexity index is 339. The Hall–Kier alpha value is -0.170. The van der Waals surface area contributed by atoms with Crippen molar-refractivity contribution in [3.05, 3.63) is 0 Å². The molecule has 0 spiro atoms. The van der Waals surface area contributed by atoms with E-state index in [-0.39, 0.29) is 6.04 Å². The van der Waals surface area contributed by atoms with Crippen molar-refractivity contribution >= 4 is 10.2 Å². The lowest BCUT2D eigenvalue weighted by Gasteiger charge is -2.32. The zero-order chi connectivity index (χ0) is 12.3. The van der Waals surface area contributed by atoms with E-state index in [1.807, 2.05) is 0 Å². The summed E-state index contributed by atoms with van der Waals surface area (Å²) in [5, 5.41) is 9.79. The van der Waals surface area contributed by atoms with Crippen LogP contribution in [0.25, 0.3) is 0 Å². The lowest BCUT2D eigenvalue weighted by atomic mass is 9.93. The van der Waals surface area contributed by atoms with E-state index in [0.29, 0.717) is 19.5 Å². The quantitative estimate of drug-likeness (QED) is 0.783. The van der Waals surface area contributed by atoms with Crippen molar-refractivity contribution in [2.45, 2.75) is 57.1 Å². The SMILES string of the molecule is O=S(=O)(N[C@H]1CCCC[C@@H]1O)N1CCCCC1. The van der Waals surface area contributed by atoms with Gasteiger partial charge in [0.2, 0.25) is 0 Å². The number of hydrogen-bond acceptors (Lipinski definition) is 3. The molecular formula is C11H22N2O3S. The van der Waals surface area contributed by atoms with Gasteiger partial charge in [0.15, 0.2) is 0 Å². The maximum Gasteiger partial charge on any atom is 0.279 e. The molecule has 0 unspecified atom stereocenters. The molecule has 1 heterocycles. The second-order valence-electron chi connectivity index (χ2n) is 5.04. The lowest BCUT2D eigenvalue weighted by molar-refractivity contribution is 0.100. The van der Waals surface area contributed by atoms with Crippen molar-refractivity contribution in [2.75, 3.05) is 13.1 Å². The minimum Gasteiger partial charge on any atom is -0.391 e. The normalized spacial score (nSPS) is 32.5. The lowest BCUT2D eigenvalue weighted by Crippen LogP contribution is -2.51. The van der Waals surface area contributed by atoms with Crippen molar-refractivity contribution in [1.82, 2.24) is 9.03 Å². The Morgan fingerprint density at radius 3 is 2.29 bits per heavy atom. The molecule has 1 saturated heterocycles. The predicted octanol–water partition coefficient (Wildman–Crippen LogP) is 0.610. The number of aliphatic hydroxyl groups excluding tert-OH is 1. The van der Waals surface area contributed by atoms with Crippen LogP contribution in [0.5, 0.6) is 0 Å². The molecule has 17 heavy (non-hydrogen) atoms. The van der Waals surface area contributed by atoms with Crippen LogP contribution in [0.3, 0.4) is 0 Å².